The number of carbonyl (C=O) groups excluding carboxylic acids is 1. The molecule has 0 saturated heterocycles. The van der Waals surface area contributed by atoms with Crippen molar-refractivity contribution in [2.45, 2.75) is 6.18 Å². The maximum atomic E-state index is 12.4. The van der Waals surface area contributed by atoms with E-state index >= 15 is 0 Å². The minimum atomic E-state index is -4.43. The molecule has 1 amide bonds. The smallest absolute Gasteiger partial charge is 0.267 e. The minimum absolute atomic E-state index is 0.174. The number of halogens is 3. The lowest BCUT2D eigenvalue weighted by Gasteiger charge is -2.05. The number of nitrogens with zero attached hydrogens (tertiary/aromatic N) is 2. The number of nitro groups is 1. The summed E-state index contributed by atoms with van der Waals surface area (Å²) in [7, 11) is 0. The lowest BCUT2D eigenvalue weighted by atomic mass is 10.1. The number of nitrogens with one attached hydrogen (secondary N) is 1. The zero-order valence-corrected chi connectivity index (χ0v) is 11.9. The number of hydrogen-bond donors (Lipinski definition) is 1. The van der Waals surface area contributed by atoms with Gasteiger partial charge in [0.2, 0.25) is 0 Å². The highest BCUT2D eigenvalue weighted by Crippen LogP contribution is 2.28. The van der Waals surface area contributed by atoms with E-state index in [1.807, 2.05) is 0 Å². The molecule has 0 unspecified atom stereocenters. The van der Waals surface area contributed by atoms with Crippen molar-refractivity contribution in [1.82, 2.24) is 5.43 Å². The molecule has 0 radical (unpaired) electrons. The zero-order valence-electron chi connectivity index (χ0n) is 11.9. The van der Waals surface area contributed by atoms with Crippen molar-refractivity contribution in [3.8, 4) is 0 Å². The fourth-order valence-electron chi connectivity index (χ4n) is 1.81. The predicted octanol–water partition coefficient (Wildman–Crippen LogP) is 3.38. The van der Waals surface area contributed by atoms with E-state index in [1.54, 1.807) is 0 Å². The van der Waals surface area contributed by atoms with E-state index < -0.39 is 22.6 Å². The quantitative estimate of drug-likeness (QED) is 0.527. The van der Waals surface area contributed by atoms with E-state index in [9.17, 15) is 28.1 Å². The largest absolute Gasteiger partial charge is 0.416 e. The Balaban J connectivity index is 2.07. The van der Waals surface area contributed by atoms with E-state index in [0.29, 0.717) is 5.56 Å². The monoisotopic (exact) mass is 337 g/mol. The van der Waals surface area contributed by atoms with Gasteiger partial charge in [-0.15, -0.1) is 0 Å². The van der Waals surface area contributed by atoms with Crippen LogP contribution in [0, 0.1) is 10.1 Å². The SMILES string of the molecule is O=C(N/N=C\c1ccc(C(F)(F)F)cc1)c1ccccc1[N+](=O)[O-]. The maximum absolute atomic E-state index is 12.4. The van der Waals surface area contributed by atoms with Crippen molar-refractivity contribution >= 4 is 17.8 Å². The van der Waals surface area contributed by atoms with Crippen molar-refractivity contribution in [1.29, 1.82) is 0 Å². The summed E-state index contributed by atoms with van der Waals surface area (Å²) in [6.45, 7) is 0. The van der Waals surface area contributed by atoms with Gasteiger partial charge in [0.25, 0.3) is 11.6 Å². The summed E-state index contributed by atoms with van der Waals surface area (Å²) < 4.78 is 37.3. The van der Waals surface area contributed by atoms with Gasteiger partial charge in [0.15, 0.2) is 0 Å². The number of nitro benzene ring substituents is 1. The van der Waals surface area contributed by atoms with Crippen molar-refractivity contribution in [2.24, 2.45) is 5.10 Å². The van der Waals surface area contributed by atoms with E-state index in [4.69, 9.17) is 0 Å². The Kier molecular flexibility index (Phi) is 4.93. The van der Waals surface area contributed by atoms with Gasteiger partial charge >= 0.3 is 6.18 Å². The Morgan fingerprint density at radius 2 is 1.75 bits per heavy atom. The van der Waals surface area contributed by atoms with Crippen LogP contribution in [-0.4, -0.2) is 17.0 Å². The number of rotatable bonds is 4. The van der Waals surface area contributed by atoms with Crippen molar-refractivity contribution in [3.63, 3.8) is 0 Å². The molecule has 0 heterocycles. The van der Waals surface area contributed by atoms with Gasteiger partial charge < -0.3 is 0 Å². The first-order chi connectivity index (χ1) is 11.3. The Labute approximate surface area is 133 Å². The molecule has 6 nitrogen and oxygen atoms in total. The van der Waals surface area contributed by atoms with Crippen molar-refractivity contribution in [3.05, 3.63) is 75.3 Å². The third-order valence-electron chi connectivity index (χ3n) is 2.96. The van der Waals surface area contributed by atoms with Crippen LogP contribution < -0.4 is 5.43 Å². The Hall–Kier alpha value is -3.23. The van der Waals surface area contributed by atoms with E-state index in [-0.39, 0.29) is 11.3 Å². The number of hydrogen-bond acceptors (Lipinski definition) is 4. The second-order valence-corrected chi connectivity index (χ2v) is 4.59. The molecule has 2 aromatic rings. The van der Waals surface area contributed by atoms with Crippen LogP contribution in [0.5, 0.6) is 0 Å². The highest BCUT2D eigenvalue weighted by atomic mass is 19.4. The second kappa shape index (κ2) is 6.90. The molecule has 2 aromatic carbocycles. The third kappa shape index (κ3) is 4.15. The van der Waals surface area contributed by atoms with Gasteiger partial charge in [0.05, 0.1) is 16.7 Å². The molecular formula is C15H10F3N3O3. The molecule has 124 valence electrons. The molecule has 24 heavy (non-hydrogen) atoms. The van der Waals surface area contributed by atoms with Crippen LogP contribution in [0.4, 0.5) is 18.9 Å². The van der Waals surface area contributed by atoms with Gasteiger partial charge in [-0.05, 0) is 23.8 Å². The van der Waals surface area contributed by atoms with Gasteiger partial charge in [0.1, 0.15) is 5.56 Å². The van der Waals surface area contributed by atoms with Gasteiger partial charge in [-0.3, -0.25) is 14.9 Å². The summed E-state index contributed by atoms with van der Waals surface area (Å²) in [5.74, 6) is -0.800. The standard InChI is InChI=1S/C15H10F3N3O3/c16-15(17,18)11-7-5-10(6-8-11)9-19-20-14(22)12-3-1-2-4-13(12)21(23)24/h1-9H,(H,20,22)/b19-9-. The summed E-state index contributed by atoms with van der Waals surface area (Å²) in [6, 6.07) is 9.45. The molecule has 2 rings (SSSR count). The lowest BCUT2D eigenvalue weighted by molar-refractivity contribution is -0.385. The molecule has 0 aliphatic heterocycles. The van der Waals surface area contributed by atoms with Gasteiger partial charge in [-0.1, -0.05) is 24.3 Å². The van der Waals surface area contributed by atoms with E-state index in [2.05, 4.69) is 10.5 Å². The summed E-state index contributed by atoms with van der Waals surface area (Å²) in [6.07, 6.45) is -3.30. The molecule has 0 aliphatic carbocycles. The molecule has 1 N–H and O–H groups in total. The lowest BCUT2D eigenvalue weighted by Crippen LogP contribution is -2.18. The Bertz CT molecular complexity index is 787. The average molecular weight is 337 g/mol. The molecule has 0 aliphatic rings. The second-order valence-electron chi connectivity index (χ2n) is 4.59. The number of amides is 1. The first-order valence-corrected chi connectivity index (χ1v) is 6.53. The summed E-state index contributed by atoms with van der Waals surface area (Å²) in [5, 5.41) is 14.4. The van der Waals surface area contributed by atoms with Crippen molar-refractivity contribution < 1.29 is 22.9 Å². The number of hydrazone groups is 1. The first-order valence-electron chi connectivity index (χ1n) is 6.53. The molecule has 0 bridgehead atoms. The van der Waals surface area contributed by atoms with Crippen LogP contribution in [0.1, 0.15) is 21.5 Å². The van der Waals surface area contributed by atoms with Gasteiger partial charge in [-0.2, -0.15) is 18.3 Å². The average Bonchev–Trinajstić information content (AvgIpc) is 2.54. The minimum Gasteiger partial charge on any atom is -0.267 e. The van der Waals surface area contributed by atoms with Crippen molar-refractivity contribution in [2.75, 3.05) is 0 Å². The Morgan fingerprint density at radius 3 is 2.33 bits per heavy atom. The molecule has 0 spiro atoms. The van der Waals surface area contributed by atoms with E-state index in [1.165, 1.54) is 36.4 Å². The topological polar surface area (TPSA) is 84.6 Å². The maximum Gasteiger partial charge on any atom is 0.416 e. The number of para-hydroxylation sites is 1. The molecule has 9 heteroatoms. The fourth-order valence-corrected chi connectivity index (χ4v) is 1.81. The number of benzene rings is 2. The van der Waals surface area contributed by atoms with Crippen LogP contribution in [-0.2, 0) is 6.18 Å². The highest BCUT2D eigenvalue weighted by molar-refractivity contribution is 5.98. The number of carbonyl (C=O) groups is 1. The third-order valence-corrected chi connectivity index (χ3v) is 2.96. The van der Waals surface area contributed by atoms with Crippen LogP contribution >= 0.6 is 0 Å². The van der Waals surface area contributed by atoms with Crippen LogP contribution in [0.25, 0.3) is 0 Å². The molecular weight excluding hydrogens is 327 g/mol. The predicted molar refractivity (Wildman–Crippen MR) is 79.6 cm³/mol. The molecule has 0 saturated carbocycles. The Morgan fingerprint density at radius 1 is 1.12 bits per heavy atom. The zero-order chi connectivity index (χ0) is 17.7. The number of alkyl halides is 3. The molecule has 0 aromatic heterocycles. The fraction of sp³-hybridized carbons (Fsp3) is 0.0667. The molecule has 0 atom stereocenters. The summed E-state index contributed by atoms with van der Waals surface area (Å²) in [4.78, 5) is 22.0. The normalized spacial score (nSPS) is 11.5. The van der Waals surface area contributed by atoms with Gasteiger partial charge in [0, 0.05) is 6.07 Å². The van der Waals surface area contributed by atoms with Gasteiger partial charge in [-0.25, -0.2) is 5.43 Å². The van der Waals surface area contributed by atoms with E-state index in [0.717, 1.165) is 18.3 Å². The van der Waals surface area contributed by atoms with Crippen LogP contribution in [0.3, 0.4) is 0 Å². The summed E-state index contributed by atoms with van der Waals surface area (Å²) in [5.41, 5.74) is 1.06. The molecule has 0 fully saturated rings. The van der Waals surface area contributed by atoms with Crippen LogP contribution in [0.2, 0.25) is 0 Å². The first kappa shape index (κ1) is 17.1. The van der Waals surface area contributed by atoms with Crippen LogP contribution in [0.15, 0.2) is 53.6 Å². The summed E-state index contributed by atoms with van der Waals surface area (Å²) >= 11 is 0. The highest BCUT2D eigenvalue weighted by Gasteiger charge is 2.29.